The molecule has 0 amide bonds. The van der Waals surface area contributed by atoms with Gasteiger partial charge < -0.3 is 19.7 Å². The molecule has 1 aromatic carbocycles. The van der Waals surface area contributed by atoms with Gasteiger partial charge in [-0.15, -0.1) is 0 Å². The van der Waals surface area contributed by atoms with Crippen molar-refractivity contribution in [2.75, 3.05) is 0 Å². The zero-order chi connectivity index (χ0) is 14.2. The van der Waals surface area contributed by atoms with Crippen LogP contribution in [0.4, 0.5) is 0 Å². The van der Waals surface area contributed by atoms with E-state index in [-0.39, 0.29) is 35.2 Å². The summed E-state index contributed by atoms with van der Waals surface area (Å²) in [5.41, 5.74) is 1.59. The highest BCUT2D eigenvalue weighted by molar-refractivity contribution is 5.67. The van der Waals surface area contributed by atoms with E-state index in [4.69, 9.17) is 9.47 Å². The maximum Gasteiger partial charge on any atom is 0.207 e. The average Bonchev–Trinajstić information content (AvgIpc) is 2.79. The second-order valence-corrected chi connectivity index (χ2v) is 5.50. The molecule has 1 aliphatic rings. The fraction of sp³-hybridized carbons (Fsp3) is 0.600. The van der Waals surface area contributed by atoms with Crippen molar-refractivity contribution in [1.29, 1.82) is 0 Å². The van der Waals surface area contributed by atoms with E-state index >= 15 is 0 Å². The van der Waals surface area contributed by atoms with Gasteiger partial charge in [0.05, 0.1) is 12.2 Å². The number of ether oxygens (including phenoxy) is 2. The van der Waals surface area contributed by atoms with Gasteiger partial charge in [0.15, 0.2) is 11.5 Å². The van der Waals surface area contributed by atoms with Crippen LogP contribution in [0.3, 0.4) is 0 Å². The summed E-state index contributed by atoms with van der Waals surface area (Å²) in [4.78, 5) is 0. The Kier molecular flexibility index (Phi) is 3.78. The first-order valence-electron chi connectivity index (χ1n) is 6.84. The van der Waals surface area contributed by atoms with Gasteiger partial charge in [0.2, 0.25) is 11.5 Å². The number of fused-ring (bicyclic) bond motifs is 1. The van der Waals surface area contributed by atoms with Crippen LogP contribution in [0, 0.1) is 0 Å². The molecule has 0 saturated carbocycles. The molecule has 0 spiro atoms. The third kappa shape index (κ3) is 2.57. The number of hydrogen-bond acceptors (Lipinski definition) is 4. The third-order valence-electron chi connectivity index (χ3n) is 3.13. The molecule has 19 heavy (non-hydrogen) atoms. The van der Waals surface area contributed by atoms with Crippen molar-refractivity contribution >= 4 is 0 Å². The van der Waals surface area contributed by atoms with Crippen molar-refractivity contribution in [2.45, 2.75) is 59.2 Å². The van der Waals surface area contributed by atoms with E-state index in [1.807, 2.05) is 27.7 Å². The molecular weight excluding hydrogens is 244 g/mol. The van der Waals surface area contributed by atoms with Gasteiger partial charge in [0.1, 0.15) is 0 Å². The van der Waals surface area contributed by atoms with Gasteiger partial charge in [-0.05, 0) is 47.0 Å². The van der Waals surface area contributed by atoms with Crippen molar-refractivity contribution in [3.05, 3.63) is 11.1 Å². The summed E-state index contributed by atoms with van der Waals surface area (Å²) >= 11 is 0. The zero-order valence-electron chi connectivity index (χ0n) is 12.0. The predicted octanol–water partition coefficient (Wildman–Crippen LogP) is 3.16. The minimum atomic E-state index is -0.0979. The van der Waals surface area contributed by atoms with Crippen LogP contribution in [0.15, 0.2) is 0 Å². The summed E-state index contributed by atoms with van der Waals surface area (Å²) in [6.07, 6.45) is 2.28. The molecule has 2 N–H and O–H groups in total. The van der Waals surface area contributed by atoms with Crippen molar-refractivity contribution in [1.82, 2.24) is 0 Å². The van der Waals surface area contributed by atoms with Crippen LogP contribution >= 0.6 is 0 Å². The number of benzene rings is 1. The minimum absolute atomic E-state index is 0.0979. The molecule has 0 radical (unpaired) electrons. The molecule has 106 valence electrons. The summed E-state index contributed by atoms with van der Waals surface area (Å²) in [6.45, 7) is 7.51. The topological polar surface area (TPSA) is 58.9 Å². The largest absolute Gasteiger partial charge is 0.504 e. The van der Waals surface area contributed by atoms with Gasteiger partial charge in [-0.3, -0.25) is 0 Å². The minimum Gasteiger partial charge on any atom is -0.504 e. The fourth-order valence-electron chi connectivity index (χ4n) is 2.45. The smallest absolute Gasteiger partial charge is 0.207 e. The molecule has 0 aliphatic heterocycles. The van der Waals surface area contributed by atoms with Crippen LogP contribution in [0.1, 0.15) is 45.2 Å². The van der Waals surface area contributed by atoms with E-state index in [0.717, 1.165) is 30.4 Å². The van der Waals surface area contributed by atoms with Gasteiger partial charge in [0.25, 0.3) is 0 Å². The Balaban J connectivity index is 2.57. The van der Waals surface area contributed by atoms with E-state index in [1.165, 1.54) is 0 Å². The van der Waals surface area contributed by atoms with Crippen LogP contribution in [0.25, 0.3) is 0 Å². The Morgan fingerprint density at radius 1 is 0.789 bits per heavy atom. The molecule has 0 fully saturated rings. The van der Waals surface area contributed by atoms with Gasteiger partial charge in [-0.25, -0.2) is 0 Å². The SMILES string of the molecule is CC(C)Oc1c(O)c2c(c(O)c1OC(C)C)CCC2. The summed E-state index contributed by atoms with van der Waals surface area (Å²) < 4.78 is 11.3. The lowest BCUT2D eigenvalue weighted by Gasteiger charge is -2.21. The average molecular weight is 266 g/mol. The quantitative estimate of drug-likeness (QED) is 0.822. The molecule has 4 nitrogen and oxygen atoms in total. The van der Waals surface area contributed by atoms with Crippen LogP contribution in [-0.4, -0.2) is 22.4 Å². The zero-order valence-corrected chi connectivity index (χ0v) is 12.0. The fourth-order valence-corrected chi connectivity index (χ4v) is 2.45. The van der Waals surface area contributed by atoms with E-state index in [2.05, 4.69) is 0 Å². The predicted molar refractivity (Wildman–Crippen MR) is 73.3 cm³/mol. The third-order valence-corrected chi connectivity index (χ3v) is 3.13. The molecule has 0 heterocycles. The Morgan fingerprint density at radius 2 is 1.16 bits per heavy atom. The Hall–Kier alpha value is -1.58. The molecule has 4 heteroatoms. The standard InChI is InChI=1S/C15H22O4/c1-8(2)18-14-12(16)10-6-5-7-11(10)13(17)15(14)19-9(3)4/h8-9,16-17H,5-7H2,1-4H3. The molecule has 0 bridgehead atoms. The highest BCUT2D eigenvalue weighted by Crippen LogP contribution is 2.52. The molecular formula is C15H22O4. The van der Waals surface area contributed by atoms with Gasteiger partial charge in [-0.2, -0.15) is 0 Å². The Bertz CT molecular complexity index is 435. The van der Waals surface area contributed by atoms with E-state index < -0.39 is 0 Å². The molecule has 0 aromatic heterocycles. The molecule has 2 rings (SSSR count). The summed E-state index contributed by atoms with van der Waals surface area (Å²) in [6, 6.07) is 0. The lowest BCUT2D eigenvalue weighted by molar-refractivity contribution is 0.185. The van der Waals surface area contributed by atoms with Crippen LogP contribution in [0.2, 0.25) is 0 Å². The second-order valence-electron chi connectivity index (χ2n) is 5.50. The normalized spacial score (nSPS) is 14.0. The van der Waals surface area contributed by atoms with E-state index in [1.54, 1.807) is 0 Å². The lowest BCUT2D eigenvalue weighted by Crippen LogP contribution is -2.12. The Labute approximate surface area is 114 Å². The summed E-state index contributed by atoms with van der Waals surface area (Å²) in [5, 5.41) is 20.7. The van der Waals surface area contributed by atoms with Crippen LogP contribution in [0.5, 0.6) is 23.0 Å². The van der Waals surface area contributed by atoms with E-state index in [0.29, 0.717) is 0 Å². The first-order valence-corrected chi connectivity index (χ1v) is 6.84. The second kappa shape index (κ2) is 5.19. The molecule has 0 unspecified atom stereocenters. The van der Waals surface area contributed by atoms with Crippen LogP contribution in [-0.2, 0) is 12.8 Å². The molecule has 1 aliphatic carbocycles. The lowest BCUT2D eigenvalue weighted by atomic mass is 10.1. The van der Waals surface area contributed by atoms with Gasteiger partial charge in [0, 0.05) is 11.1 Å². The number of hydrogen-bond donors (Lipinski definition) is 2. The highest BCUT2D eigenvalue weighted by atomic mass is 16.5. The number of phenolic OH excluding ortho intramolecular Hbond substituents is 2. The van der Waals surface area contributed by atoms with E-state index in [9.17, 15) is 10.2 Å². The summed E-state index contributed by atoms with van der Waals surface area (Å²) in [5.74, 6) is 0.771. The van der Waals surface area contributed by atoms with Crippen molar-refractivity contribution < 1.29 is 19.7 Å². The number of phenols is 2. The highest BCUT2D eigenvalue weighted by Gasteiger charge is 2.29. The Morgan fingerprint density at radius 3 is 1.47 bits per heavy atom. The van der Waals surface area contributed by atoms with Gasteiger partial charge in [-0.1, -0.05) is 0 Å². The first kappa shape index (κ1) is 13.8. The van der Waals surface area contributed by atoms with Crippen molar-refractivity contribution in [2.24, 2.45) is 0 Å². The molecule has 1 aromatic rings. The first-order chi connectivity index (χ1) is 8.91. The van der Waals surface area contributed by atoms with Gasteiger partial charge >= 0.3 is 0 Å². The maximum atomic E-state index is 10.4. The van der Waals surface area contributed by atoms with Crippen molar-refractivity contribution in [3.63, 3.8) is 0 Å². The molecule has 0 atom stereocenters. The number of rotatable bonds is 4. The van der Waals surface area contributed by atoms with Crippen LogP contribution < -0.4 is 9.47 Å². The number of aromatic hydroxyl groups is 2. The summed E-state index contributed by atoms with van der Waals surface area (Å²) in [7, 11) is 0. The maximum absolute atomic E-state index is 10.4. The van der Waals surface area contributed by atoms with Crippen molar-refractivity contribution in [3.8, 4) is 23.0 Å². The molecule has 0 saturated heterocycles. The monoisotopic (exact) mass is 266 g/mol.